The molecule has 1 unspecified atom stereocenters. The molecule has 102 valence electrons. The maximum Gasteiger partial charge on any atom is 0.305 e. The maximum atomic E-state index is 10.8. The Bertz CT molecular complexity index is 482. The fourth-order valence-electron chi connectivity index (χ4n) is 3.35. The highest BCUT2D eigenvalue weighted by Crippen LogP contribution is 2.37. The Balaban J connectivity index is 1.98. The molecule has 2 aliphatic heterocycles. The quantitative estimate of drug-likeness (QED) is 0.870. The average Bonchev–Trinajstić information content (AvgIpc) is 2.38. The molecule has 1 aromatic carbocycles. The van der Waals surface area contributed by atoms with Gasteiger partial charge in [0, 0.05) is 24.8 Å². The number of anilines is 1. The van der Waals surface area contributed by atoms with Gasteiger partial charge in [-0.3, -0.25) is 4.79 Å². The molecule has 4 heteroatoms. The zero-order valence-corrected chi connectivity index (χ0v) is 11.1. The molecular weight excluding hydrogens is 240 g/mol. The van der Waals surface area contributed by atoms with Gasteiger partial charge in [0.2, 0.25) is 0 Å². The molecule has 0 radical (unpaired) electrons. The lowest BCUT2D eigenvalue weighted by Crippen LogP contribution is -2.34. The van der Waals surface area contributed by atoms with Crippen molar-refractivity contribution in [3.05, 3.63) is 28.8 Å². The summed E-state index contributed by atoms with van der Waals surface area (Å²) in [7, 11) is 0. The van der Waals surface area contributed by atoms with Gasteiger partial charge in [-0.25, -0.2) is 0 Å². The van der Waals surface area contributed by atoms with Crippen LogP contribution in [0.5, 0.6) is 0 Å². The molecule has 0 fully saturated rings. The van der Waals surface area contributed by atoms with Crippen LogP contribution < -0.4 is 10.6 Å². The van der Waals surface area contributed by atoms with E-state index >= 15 is 0 Å². The fourth-order valence-corrected chi connectivity index (χ4v) is 3.35. The Morgan fingerprint density at radius 2 is 1.84 bits per heavy atom. The Kier molecular flexibility index (Phi) is 3.19. The van der Waals surface area contributed by atoms with Crippen LogP contribution >= 0.6 is 0 Å². The highest BCUT2D eigenvalue weighted by atomic mass is 16.4. The lowest BCUT2D eigenvalue weighted by Gasteiger charge is -2.37. The van der Waals surface area contributed by atoms with Gasteiger partial charge >= 0.3 is 5.97 Å². The fraction of sp³-hybridized carbons (Fsp3) is 0.533. The van der Waals surface area contributed by atoms with Crippen LogP contribution in [0.15, 0.2) is 12.1 Å². The number of aryl methyl sites for hydroxylation is 2. The second-order valence-corrected chi connectivity index (χ2v) is 5.59. The highest BCUT2D eigenvalue weighted by molar-refractivity contribution is 5.69. The van der Waals surface area contributed by atoms with E-state index in [2.05, 4.69) is 17.0 Å². The third kappa shape index (κ3) is 2.32. The van der Waals surface area contributed by atoms with Crippen LogP contribution in [-0.2, 0) is 17.6 Å². The lowest BCUT2D eigenvalue weighted by atomic mass is 9.88. The van der Waals surface area contributed by atoms with E-state index in [0.29, 0.717) is 0 Å². The molecule has 3 rings (SSSR count). The van der Waals surface area contributed by atoms with E-state index in [0.717, 1.165) is 31.5 Å². The zero-order chi connectivity index (χ0) is 13.4. The van der Waals surface area contributed by atoms with Gasteiger partial charge in [0.25, 0.3) is 0 Å². The summed E-state index contributed by atoms with van der Waals surface area (Å²) in [5.74, 6) is -0.833. The van der Waals surface area contributed by atoms with Gasteiger partial charge in [-0.2, -0.15) is 0 Å². The molecule has 0 spiro atoms. The lowest BCUT2D eigenvalue weighted by molar-refractivity contribution is -0.137. The van der Waals surface area contributed by atoms with Crippen molar-refractivity contribution in [1.82, 2.24) is 0 Å². The number of nitrogens with two attached hydrogens (primary N) is 1. The van der Waals surface area contributed by atoms with Gasteiger partial charge in [-0.1, -0.05) is 12.1 Å². The first-order valence-electron chi connectivity index (χ1n) is 7.03. The molecular formula is C15H20N2O2. The van der Waals surface area contributed by atoms with Crippen molar-refractivity contribution in [1.29, 1.82) is 0 Å². The molecule has 0 amide bonds. The Hall–Kier alpha value is -1.55. The molecule has 0 saturated carbocycles. The number of aliphatic carboxylic acids is 1. The van der Waals surface area contributed by atoms with Gasteiger partial charge in [0.1, 0.15) is 0 Å². The summed E-state index contributed by atoms with van der Waals surface area (Å²) in [5.41, 5.74) is 11.1. The molecule has 1 atom stereocenters. The number of hydrogen-bond acceptors (Lipinski definition) is 3. The predicted molar refractivity (Wildman–Crippen MR) is 74.5 cm³/mol. The molecule has 0 bridgehead atoms. The first-order chi connectivity index (χ1) is 9.15. The molecule has 1 aromatic rings. The van der Waals surface area contributed by atoms with Gasteiger partial charge < -0.3 is 15.7 Å². The number of nitrogens with zero attached hydrogens (tertiary/aromatic N) is 1. The molecule has 2 aliphatic rings. The first-order valence-corrected chi connectivity index (χ1v) is 7.03. The molecule has 0 aliphatic carbocycles. The summed E-state index contributed by atoms with van der Waals surface area (Å²) in [6, 6.07) is 3.87. The van der Waals surface area contributed by atoms with Gasteiger partial charge in [0.15, 0.2) is 0 Å². The van der Waals surface area contributed by atoms with E-state index in [1.165, 1.54) is 29.7 Å². The summed E-state index contributed by atoms with van der Waals surface area (Å²) >= 11 is 0. The van der Waals surface area contributed by atoms with Crippen molar-refractivity contribution in [3.8, 4) is 0 Å². The van der Waals surface area contributed by atoms with E-state index in [1.54, 1.807) is 0 Å². The zero-order valence-electron chi connectivity index (χ0n) is 11.1. The second kappa shape index (κ2) is 4.85. The normalized spacial score (nSPS) is 18.9. The molecule has 4 nitrogen and oxygen atoms in total. The van der Waals surface area contributed by atoms with Crippen LogP contribution in [0.2, 0.25) is 0 Å². The SMILES string of the molecule is NC(CC(=O)O)c1cc2c3c(c1)CCCN3CCC2. The largest absolute Gasteiger partial charge is 0.481 e. The smallest absolute Gasteiger partial charge is 0.305 e. The molecule has 2 heterocycles. The highest BCUT2D eigenvalue weighted by Gasteiger charge is 2.25. The monoisotopic (exact) mass is 260 g/mol. The summed E-state index contributed by atoms with van der Waals surface area (Å²) in [4.78, 5) is 13.3. The second-order valence-electron chi connectivity index (χ2n) is 5.59. The van der Waals surface area contributed by atoms with Crippen LogP contribution in [0.25, 0.3) is 0 Å². The third-order valence-corrected chi connectivity index (χ3v) is 4.18. The topological polar surface area (TPSA) is 66.6 Å². The summed E-state index contributed by atoms with van der Waals surface area (Å²) in [6.07, 6.45) is 4.55. The van der Waals surface area contributed by atoms with E-state index in [4.69, 9.17) is 10.8 Å². The minimum absolute atomic E-state index is 0.00193. The van der Waals surface area contributed by atoms with Crippen molar-refractivity contribution < 1.29 is 9.90 Å². The van der Waals surface area contributed by atoms with Gasteiger partial charge in [0.05, 0.1) is 6.42 Å². The number of hydrogen-bond donors (Lipinski definition) is 2. The van der Waals surface area contributed by atoms with Crippen LogP contribution in [0.4, 0.5) is 5.69 Å². The van der Waals surface area contributed by atoms with Crippen LogP contribution in [0.3, 0.4) is 0 Å². The third-order valence-electron chi connectivity index (χ3n) is 4.18. The standard InChI is InChI=1S/C15H20N2O2/c16-13(9-14(18)19)12-7-10-3-1-5-17-6-2-4-11(8-12)15(10)17/h7-8,13H,1-6,9,16H2,(H,18,19). The minimum atomic E-state index is -0.833. The number of benzene rings is 1. The maximum absolute atomic E-state index is 10.8. The first kappa shape index (κ1) is 12.5. The van der Waals surface area contributed by atoms with Crippen LogP contribution in [0, 0.1) is 0 Å². The number of carbonyl (C=O) groups is 1. The molecule has 19 heavy (non-hydrogen) atoms. The number of rotatable bonds is 3. The average molecular weight is 260 g/mol. The number of carboxylic acid groups (broad SMARTS) is 1. The van der Waals surface area contributed by atoms with E-state index in [1.807, 2.05) is 0 Å². The van der Waals surface area contributed by atoms with E-state index < -0.39 is 12.0 Å². The predicted octanol–water partition coefficient (Wildman–Crippen LogP) is 1.86. The Labute approximate surface area is 113 Å². The minimum Gasteiger partial charge on any atom is -0.481 e. The molecule has 0 aromatic heterocycles. The molecule has 3 N–H and O–H groups in total. The molecule has 0 saturated heterocycles. The van der Waals surface area contributed by atoms with Crippen molar-refractivity contribution in [2.75, 3.05) is 18.0 Å². The Morgan fingerprint density at radius 1 is 1.26 bits per heavy atom. The van der Waals surface area contributed by atoms with Gasteiger partial charge in [-0.05, 0) is 42.4 Å². The van der Waals surface area contributed by atoms with Crippen molar-refractivity contribution in [3.63, 3.8) is 0 Å². The van der Waals surface area contributed by atoms with E-state index in [9.17, 15) is 4.79 Å². The summed E-state index contributed by atoms with van der Waals surface area (Å²) in [5, 5.41) is 8.88. The van der Waals surface area contributed by atoms with E-state index in [-0.39, 0.29) is 6.42 Å². The van der Waals surface area contributed by atoms with Crippen molar-refractivity contribution in [2.45, 2.75) is 38.1 Å². The summed E-state index contributed by atoms with van der Waals surface area (Å²) in [6.45, 7) is 2.31. The van der Waals surface area contributed by atoms with Crippen LogP contribution in [-0.4, -0.2) is 24.2 Å². The van der Waals surface area contributed by atoms with Crippen molar-refractivity contribution >= 4 is 11.7 Å². The summed E-state index contributed by atoms with van der Waals surface area (Å²) < 4.78 is 0. The van der Waals surface area contributed by atoms with Gasteiger partial charge in [-0.15, -0.1) is 0 Å². The number of carboxylic acids is 1. The van der Waals surface area contributed by atoms with Crippen molar-refractivity contribution in [2.24, 2.45) is 5.73 Å². The Morgan fingerprint density at radius 3 is 2.37 bits per heavy atom. The van der Waals surface area contributed by atoms with Crippen LogP contribution in [0.1, 0.15) is 42.0 Å².